The molecule has 0 spiro atoms. The van der Waals surface area contributed by atoms with Gasteiger partial charge in [-0.3, -0.25) is 20.7 Å². The van der Waals surface area contributed by atoms with E-state index in [1.165, 1.54) is 24.4 Å². The van der Waals surface area contributed by atoms with Crippen LogP contribution in [0.2, 0.25) is 0 Å². The zero-order valence-electron chi connectivity index (χ0n) is 10.4. The van der Waals surface area contributed by atoms with E-state index in [1.54, 1.807) is 0 Å². The normalized spacial score (nSPS) is 10.9. The van der Waals surface area contributed by atoms with Gasteiger partial charge in [0.1, 0.15) is 4.90 Å². The summed E-state index contributed by atoms with van der Waals surface area (Å²) < 4.78 is 26.7. The lowest BCUT2D eigenvalue weighted by molar-refractivity contribution is -0.385. The number of rotatable bonds is 5. The van der Waals surface area contributed by atoms with Crippen molar-refractivity contribution in [2.75, 3.05) is 10.1 Å². The van der Waals surface area contributed by atoms with Gasteiger partial charge in [-0.2, -0.15) is 5.10 Å². The predicted molar refractivity (Wildman–Crippen MR) is 73.7 cm³/mol. The fourth-order valence-corrected chi connectivity index (χ4v) is 2.70. The molecule has 0 saturated carbocycles. The van der Waals surface area contributed by atoms with Crippen LogP contribution in [-0.2, 0) is 10.0 Å². The lowest BCUT2D eigenvalue weighted by Crippen LogP contribution is -2.18. The number of nitro benzene ring substituents is 1. The Bertz CT molecular complexity index is 764. The third kappa shape index (κ3) is 3.21. The number of aromatic nitrogens is 2. The van der Waals surface area contributed by atoms with Crippen LogP contribution in [0, 0.1) is 10.1 Å². The van der Waals surface area contributed by atoms with E-state index < -0.39 is 14.9 Å². The molecule has 0 amide bonds. The van der Waals surface area contributed by atoms with Crippen LogP contribution in [0.15, 0.2) is 41.4 Å². The summed E-state index contributed by atoms with van der Waals surface area (Å²) in [5.74, 6) is 5.21. The lowest BCUT2D eigenvalue weighted by atomic mass is 10.3. The molecule has 110 valence electrons. The van der Waals surface area contributed by atoms with Gasteiger partial charge in [0, 0.05) is 18.3 Å². The topological polar surface area (TPSA) is 153 Å². The summed E-state index contributed by atoms with van der Waals surface area (Å²) in [6, 6.07) is 6.10. The first-order chi connectivity index (χ1) is 9.94. The van der Waals surface area contributed by atoms with E-state index in [4.69, 9.17) is 5.84 Å². The largest absolute Gasteiger partial charge is 0.323 e. The zero-order valence-corrected chi connectivity index (χ0v) is 11.2. The van der Waals surface area contributed by atoms with E-state index in [1.807, 2.05) is 0 Å². The minimum atomic E-state index is -4.11. The molecule has 2 rings (SSSR count). The molecule has 1 aromatic carbocycles. The number of nitro groups is 1. The molecule has 21 heavy (non-hydrogen) atoms. The Hall–Kier alpha value is -2.79. The highest BCUT2D eigenvalue weighted by Gasteiger charge is 2.22. The van der Waals surface area contributed by atoms with Crippen LogP contribution >= 0.6 is 0 Å². The minimum absolute atomic E-state index is 0.0111. The summed E-state index contributed by atoms with van der Waals surface area (Å²) >= 11 is 0. The highest BCUT2D eigenvalue weighted by atomic mass is 32.2. The van der Waals surface area contributed by atoms with E-state index in [-0.39, 0.29) is 22.1 Å². The van der Waals surface area contributed by atoms with Gasteiger partial charge in [0.2, 0.25) is 0 Å². The number of nitrogens with one attached hydrogen (secondary N) is 2. The van der Waals surface area contributed by atoms with Crippen LogP contribution in [0.5, 0.6) is 0 Å². The Morgan fingerprint density at radius 2 is 2.05 bits per heavy atom. The van der Waals surface area contributed by atoms with Crippen molar-refractivity contribution in [2.24, 2.45) is 5.84 Å². The maximum atomic E-state index is 12.3. The number of hydrazine groups is 1. The Labute approximate surface area is 119 Å². The van der Waals surface area contributed by atoms with Crippen LogP contribution < -0.4 is 16.0 Å². The molecule has 0 unspecified atom stereocenters. The summed E-state index contributed by atoms with van der Waals surface area (Å²) in [5.41, 5.74) is 1.81. The molecule has 0 aliphatic rings. The van der Waals surface area contributed by atoms with Crippen molar-refractivity contribution >= 4 is 27.2 Å². The summed E-state index contributed by atoms with van der Waals surface area (Å²) in [5, 5.41) is 17.9. The maximum Gasteiger partial charge on any atom is 0.270 e. The Kier molecular flexibility index (Phi) is 3.95. The van der Waals surface area contributed by atoms with Crippen molar-refractivity contribution in [2.45, 2.75) is 4.90 Å². The molecule has 0 bridgehead atoms. The maximum absolute atomic E-state index is 12.3. The number of nitrogens with two attached hydrogens (primary N) is 1. The summed E-state index contributed by atoms with van der Waals surface area (Å²) in [6.45, 7) is 0. The van der Waals surface area contributed by atoms with Gasteiger partial charge < -0.3 is 5.43 Å². The highest BCUT2D eigenvalue weighted by molar-refractivity contribution is 7.92. The van der Waals surface area contributed by atoms with Gasteiger partial charge in [0.15, 0.2) is 5.82 Å². The number of nitrogens with zero attached hydrogens (tertiary/aromatic N) is 3. The fourth-order valence-electron chi connectivity index (χ4n) is 1.51. The van der Waals surface area contributed by atoms with Gasteiger partial charge in [-0.05, 0) is 18.2 Å². The SMILES string of the molecule is NNc1ccc([N+](=O)[O-])cc1S(=O)(=O)Nc1cccnn1. The molecule has 10 nitrogen and oxygen atoms in total. The third-order valence-corrected chi connectivity index (χ3v) is 3.83. The van der Waals surface area contributed by atoms with Gasteiger partial charge in [0.05, 0.1) is 10.6 Å². The molecule has 0 fully saturated rings. The first-order valence-corrected chi connectivity index (χ1v) is 6.98. The molecule has 11 heteroatoms. The van der Waals surface area contributed by atoms with Crippen LogP contribution in [0.1, 0.15) is 0 Å². The molecule has 0 saturated heterocycles. The highest BCUT2D eigenvalue weighted by Crippen LogP contribution is 2.27. The number of benzene rings is 1. The Balaban J connectivity index is 2.48. The number of anilines is 2. The van der Waals surface area contributed by atoms with Crippen LogP contribution in [0.3, 0.4) is 0 Å². The van der Waals surface area contributed by atoms with Gasteiger partial charge >= 0.3 is 0 Å². The molecule has 0 radical (unpaired) electrons. The molecular formula is C10H10N6O4S. The average molecular weight is 310 g/mol. The van der Waals surface area contributed by atoms with Crippen molar-refractivity contribution in [3.8, 4) is 0 Å². The van der Waals surface area contributed by atoms with E-state index in [0.29, 0.717) is 0 Å². The second kappa shape index (κ2) is 5.68. The van der Waals surface area contributed by atoms with Crippen molar-refractivity contribution in [3.63, 3.8) is 0 Å². The molecule has 4 N–H and O–H groups in total. The summed E-state index contributed by atoms with van der Waals surface area (Å²) in [6.07, 6.45) is 1.37. The second-order valence-electron chi connectivity index (χ2n) is 3.80. The molecular weight excluding hydrogens is 300 g/mol. The van der Waals surface area contributed by atoms with Gasteiger partial charge in [-0.25, -0.2) is 8.42 Å². The summed E-state index contributed by atoms with van der Waals surface area (Å²) in [4.78, 5) is 9.68. The molecule has 0 aliphatic carbocycles. The van der Waals surface area contributed by atoms with Gasteiger partial charge in [-0.15, -0.1) is 5.10 Å². The zero-order chi connectivity index (χ0) is 15.5. The van der Waals surface area contributed by atoms with Crippen molar-refractivity contribution in [1.29, 1.82) is 0 Å². The smallest absolute Gasteiger partial charge is 0.270 e. The van der Waals surface area contributed by atoms with E-state index in [0.717, 1.165) is 12.1 Å². The molecule has 0 atom stereocenters. The average Bonchev–Trinajstić information content (AvgIpc) is 2.47. The Morgan fingerprint density at radius 3 is 2.62 bits per heavy atom. The second-order valence-corrected chi connectivity index (χ2v) is 5.45. The molecule has 2 aromatic rings. The van der Waals surface area contributed by atoms with E-state index in [2.05, 4.69) is 20.3 Å². The number of non-ortho nitro benzene ring substituents is 1. The first kappa shape index (κ1) is 14.6. The number of hydrogen-bond acceptors (Lipinski definition) is 8. The molecule has 1 aromatic heterocycles. The third-order valence-electron chi connectivity index (χ3n) is 2.43. The van der Waals surface area contributed by atoms with Crippen molar-refractivity contribution in [1.82, 2.24) is 10.2 Å². The number of hydrogen-bond donors (Lipinski definition) is 3. The monoisotopic (exact) mass is 310 g/mol. The minimum Gasteiger partial charge on any atom is -0.323 e. The van der Waals surface area contributed by atoms with Crippen LogP contribution in [0.4, 0.5) is 17.2 Å². The Morgan fingerprint density at radius 1 is 1.29 bits per heavy atom. The van der Waals surface area contributed by atoms with Crippen molar-refractivity contribution in [3.05, 3.63) is 46.6 Å². The predicted octanol–water partition coefficient (Wildman–Crippen LogP) is 0.471. The van der Waals surface area contributed by atoms with Gasteiger partial charge in [0.25, 0.3) is 15.7 Å². The number of sulfonamides is 1. The fraction of sp³-hybridized carbons (Fsp3) is 0. The standard InChI is InChI=1S/C10H10N6O4S/c11-13-8-4-3-7(16(17)18)6-9(8)21(19,20)15-10-2-1-5-12-14-10/h1-6,13H,11H2,(H,14,15). The first-order valence-electron chi connectivity index (χ1n) is 5.49. The van der Waals surface area contributed by atoms with E-state index in [9.17, 15) is 18.5 Å². The lowest BCUT2D eigenvalue weighted by Gasteiger charge is -2.10. The van der Waals surface area contributed by atoms with Crippen LogP contribution in [-0.4, -0.2) is 23.5 Å². The summed E-state index contributed by atoms with van der Waals surface area (Å²) in [7, 11) is -4.11. The van der Waals surface area contributed by atoms with Crippen LogP contribution in [0.25, 0.3) is 0 Å². The molecule has 0 aliphatic heterocycles. The van der Waals surface area contributed by atoms with E-state index >= 15 is 0 Å². The van der Waals surface area contributed by atoms with Gasteiger partial charge in [-0.1, -0.05) is 0 Å². The van der Waals surface area contributed by atoms with Crippen molar-refractivity contribution < 1.29 is 13.3 Å². The quantitative estimate of drug-likeness (QED) is 0.409. The molecule has 1 heterocycles. The number of nitrogen functional groups attached to an aromatic ring is 1.